The summed E-state index contributed by atoms with van der Waals surface area (Å²) in [5, 5.41) is 8.18. The highest BCUT2D eigenvalue weighted by molar-refractivity contribution is 6.10. The van der Waals surface area contributed by atoms with E-state index < -0.39 is 11.8 Å². The standard InChI is InChI=1S/C22H19F2N5O2/c1-13-6-7-14(19-26-20(31-27-19)15-10-22(23,24)11-15)9-18(13)28(2)21(30)16-12-25-29-8-4-3-5-17(16)29/h3-9,12,15H,10-11H2,1-2H3. The molecule has 0 atom stereocenters. The van der Waals surface area contributed by atoms with Crippen molar-refractivity contribution in [1.82, 2.24) is 19.8 Å². The van der Waals surface area contributed by atoms with E-state index in [4.69, 9.17) is 4.52 Å². The van der Waals surface area contributed by atoms with E-state index in [-0.39, 0.29) is 24.6 Å². The molecule has 0 saturated heterocycles. The number of amides is 1. The van der Waals surface area contributed by atoms with Crippen LogP contribution in [0.3, 0.4) is 0 Å². The number of aromatic nitrogens is 4. The number of fused-ring (bicyclic) bond motifs is 1. The van der Waals surface area contributed by atoms with Gasteiger partial charge in [-0.3, -0.25) is 4.79 Å². The summed E-state index contributed by atoms with van der Waals surface area (Å²) in [6.07, 6.45) is 2.78. The van der Waals surface area contributed by atoms with Crippen LogP contribution < -0.4 is 4.90 Å². The predicted molar refractivity (Wildman–Crippen MR) is 109 cm³/mol. The second-order valence-corrected chi connectivity index (χ2v) is 7.87. The number of halogens is 2. The summed E-state index contributed by atoms with van der Waals surface area (Å²) in [5.74, 6) is -2.74. The predicted octanol–water partition coefficient (Wildman–Crippen LogP) is 4.48. The molecule has 0 bridgehead atoms. The van der Waals surface area contributed by atoms with Crippen LogP contribution in [-0.2, 0) is 0 Å². The van der Waals surface area contributed by atoms with Crippen molar-refractivity contribution in [3.05, 3.63) is 65.8 Å². The summed E-state index contributed by atoms with van der Waals surface area (Å²) < 4.78 is 33.2. The molecule has 0 unspecified atom stereocenters. The number of alkyl halides is 2. The molecule has 3 aromatic heterocycles. The summed E-state index contributed by atoms with van der Waals surface area (Å²) >= 11 is 0. The quantitative estimate of drug-likeness (QED) is 0.484. The summed E-state index contributed by atoms with van der Waals surface area (Å²) in [6.45, 7) is 1.90. The first-order chi connectivity index (χ1) is 14.8. The van der Waals surface area contributed by atoms with Gasteiger partial charge in [0.05, 0.1) is 17.3 Å². The van der Waals surface area contributed by atoms with Gasteiger partial charge in [0.1, 0.15) is 0 Å². The second-order valence-electron chi connectivity index (χ2n) is 7.87. The Balaban J connectivity index is 1.43. The topological polar surface area (TPSA) is 76.5 Å². The lowest BCUT2D eigenvalue weighted by atomic mass is 9.81. The van der Waals surface area contributed by atoms with Crippen molar-refractivity contribution in [3.8, 4) is 11.4 Å². The normalized spacial score (nSPS) is 15.7. The Morgan fingerprint density at radius 1 is 1.26 bits per heavy atom. The van der Waals surface area contributed by atoms with E-state index in [2.05, 4.69) is 15.2 Å². The van der Waals surface area contributed by atoms with Crippen LogP contribution in [0.15, 0.2) is 53.3 Å². The number of carbonyl (C=O) groups is 1. The largest absolute Gasteiger partial charge is 0.339 e. The molecule has 0 radical (unpaired) electrons. The van der Waals surface area contributed by atoms with E-state index in [0.717, 1.165) is 5.56 Å². The number of pyridine rings is 1. The number of hydrogen-bond acceptors (Lipinski definition) is 5. The molecular weight excluding hydrogens is 404 g/mol. The highest BCUT2D eigenvalue weighted by Gasteiger charge is 2.48. The van der Waals surface area contributed by atoms with Gasteiger partial charge < -0.3 is 9.42 Å². The minimum absolute atomic E-state index is 0.202. The van der Waals surface area contributed by atoms with E-state index in [1.54, 1.807) is 34.9 Å². The number of aryl methyl sites for hydroxylation is 1. The number of rotatable bonds is 4. The Bertz CT molecular complexity index is 1290. The van der Waals surface area contributed by atoms with Crippen molar-refractivity contribution in [3.63, 3.8) is 0 Å². The van der Waals surface area contributed by atoms with Crippen molar-refractivity contribution in [2.45, 2.75) is 31.6 Å². The molecule has 7 nitrogen and oxygen atoms in total. The lowest BCUT2D eigenvalue weighted by Crippen LogP contribution is -2.33. The first-order valence-electron chi connectivity index (χ1n) is 9.85. The van der Waals surface area contributed by atoms with E-state index in [1.165, 1.54) is 0 Å². The van der Waals surface area contributed by atoms with Gasteiger partial charge >= 0.3 is 0 Å². The Morgan fingerprint density at radius 3 is 2.84 bits per heavy atom. The van der Waals surface area contributed by atoms with Crippen molar-refractivity contribution >= 4 is 17.1 Å². The SMILES string of the molecule is Cc1ccc(-c2noc(C3CC(F)(F)C3)n2)cc1N(C)C(=O)c1cnn2ccccc12. The average Bonchev–Trinajstić information content (AvgIpc) is 3.39. The number of anilines is 1. The molecule has 1 aliphatic carbocycles. The third kappa shape index (κ3) is 3.35. The van der Waals surface area contributed by atoms with Crippen LogP contribution in [0.2, 0.25) is 0 Å². The first-order valence-corrected chi connectivity index (χ1v) is 9.85. The fourth-order valence-corrected chi connectivity index (χ4v) is 3.85. The molecular formula is C22H19F2N5O2. The molecule has 0 aliphatic heterocycles. The molecule has 3 heterocycles. The van der Waals surface area contributed by atoms with Crippen LogP contribution in [0.25, 0.3) is 16.9 Å². The Labute approximate surface area is 176 Å². The smallest absolute Gasteiger partial charge is 0.261 e. The maximum Gasteiger partial charge on any atom is 0.261 e. The van der Waals surface area contributed by atoms with Gasteiger partial charge in [0.2, 0.25) is 17.6 Å². The van der Waals surface area contributed by atoms with Crippen molar-refractivity contribution < 1.29 is 18.1 Å². The zero-order valence-electron chi connectivity index (χ0n) is 16.9. The third-order valence-corrected chi connectivity index (χ3v) is 5.67. The van der Waals surface area contributed by atoms with E-state index in [9.17, 15) is 13.6 Å². The molecule has 4 aromatic rings. The number of carbonyl (C=O) groups excluding carboxylic acids is 1. The fraction of sp³-hybridized carbons (Fsp3) is 0.273. The third-order valence-electron chi connectivity index (χ3n) is 5.67. The molecule has 1 aliphatic rings. The van der Waals surface area contributed by atoms with Crippen LogP contribution >= 0.6 is 0 Å². The minimum atomic E-state index is -2.66. The summed E-state index contributed by atoms with van der Waals surface area (Å²) in [5.41, 5.74) is 3.41. The van der Waals surface area contributed by atoms with Gasteiger partial charge in [-0.05, 0) is 30.7 Å². The van der Waals surface area contributed by atoms with Crippen LogP contribution in [0.5, 0.6) is 0 Å². The maximum atomic E-state index is 13.2. The van der Waals surface area contributed by atoms with E-state index >= 15 is 0 Å². The Hall–Kier alpha value is -3.62. The highest BCUT2D eigenvalue weighted by atomic mass is 19.3. The van der Waals surface area contributed by atoms with Crippen LogP contribution in [0.4, 0.5) is 14.5 Å². The summed E-state index contributed by atoms with van der Waals surface area (Å²) in [4.78, 5) is 19.0. The monoisotopic (exact) mass is 423 g/mol. The highest BCUT2D eigenvalue weighted by Crippen LogP contribution is 2.48. The lowest BCUT2D eigenvalue weighted by molar-refractivity contribution is -0.0925. The molecule has 1 fully saturated rings. The molecule has 31 heavy (non-hydrogen) atoms. The zero-order valence-corrected chi connectivity index (χ0v) is 16.9. The van der Waals surface area contributed by atoms with Gasteiger partial charge in [-0.25, -0.2) is 13.3 Å². The van der Waals surface area contributed by atoms with Crippen molar-refractivity contribution in [2.24, 2.45) is 0 Å². The fourth-order valence-electron chi connectivity index (χ4n) is 3.85. The van der Waals surface area contributed by atoms with Gasteiger partial charge in [0.15, 0.2) is 0 Å². The first kappa shape index (κ1) is 19.3. The maximum absolute atomic E-state index is 13.2. The van der Waals surface area contributed by atoms with Crippen LogP contribution in [0.1, 0.15) is 40.6 Å². The average molecular weight is 423 g/mol. The number of nitrogens with zero attached hydrogens (tertiary/aromatic N) is 5. The number of benzene rings is 1. The van der Waals surface area contributed by atoms with Gasteiger partial charge in [-0.15, -0.1) is 0 Å². The molecule has 158 valence electrons. The Kier molecular flexibility index (Phi) is 4.35. The zero-order chi connectivity index (χ0) is 21.8. The van der Waals surface area contributed by atoms with Gasteiger partial charge in [-0.1, -0.05) is 23.4 Å². The van der Waals surface area contributed by atoms with Crippen molar-refractivity contribution in [2.75, 3.05) is 11.9 Å². The van der Waals surface area contributed by atoms with Crippen LogP contribution in [0, 0.1) is 6.92 Å². The molecule has 9 heteroatoms. The van der Waals surface area contributed by atoms with Gasteiger partial charge in [-0.2, -0.15) is 10.1 Å². The van der Waals surface area contributed by atoms with Crippen LogP contribution in [-0.4, -0.2) is 38.6 Å². The summed E-state index contributed by atoms with van der Waals surface area (Å²) in [7, 11) is 1.69. The number of hydrogen-bond donors (Lipinski definition) is 0. The lowest BCUT2D eigenvalue weighted by Gasteiger charge is -2.31. The molecule has 0 spiro atoms. The van der Waals surface area contributed by atoms with E-state index in [1.807, 2.05) is 37.3 Å². The van der Waals surface area contributed by atoms with Gasteiger partial charge in [0.25, 0.3) is 5.91 Å². The molecule has 1 amide bonds. The molecule has 0 N–H and O–H groups in total. The molecule has 1 aromatic carbocycles. The van der Waals surface area contributed by atoms with E-state index in [0.29, 0.717) is 28.2 Å². The van der Waals surface area contributed by atoms with Crippen molar-refractivity contribution in [1.29, 1.82) is 0 Å². The second kappa shape index (κ2) is 6.97. The minimum Gasteiger partial charge on any atom is -0.339 e. The molecule has 1 saturated carbocycles. The van der Waals surface area contributed by atoms with Gasteiger partial charge in [0, 0.05) is 43.3 Å². The Morgan fingerprint density at radius 2 is 2.06 bits per heavy atom. The summed E-state index contributed by atoms with van der Waals surface area (Å²) in [6, 6.07) is 11.0. The molecule has 5 rings (SSSR count).